The Balaban J connectivity index is 2.60. The lowest BCUT2D eigenvalue weighted by atomic mass is 10.1. The van der Waals surface area contributed by atoms with Crippen LogP contribution >= 0.6 is 22.6 Å². The molecule has 0 aliphatic heterocycles. The van der Waals surface area contributed by atoms with Gasteiger partial charge in [-0.3, -0.25) is 0 Å². The van der Waals surface area contributed by atoms with E-state index < -0.39 is 6.10 Å². The van der Waals surface area contributed by atoms with Crippen molar-refractivity contribution in [3.63, 3.8) is 0 Å². The number of aliphatic hydroxyl groups excluding tert-OH is 1. The monoisotopic (exact) mass is 344 g/mol. The van der Waals surface area contributed by atoms with Gasteiger partial charge in [0.25, 0.3) is 0 Å². The summed E-state index contributed by atoms with van der Waals surface area (Å²) >= 11 is 2.20. The zero-order chi connectivity index (χ0) is 12.4. The smallest absolute Gasteiger partial charge is 0.126 e. The third-order valence-electron chi connectivity index (χ3n) is 2.48. The summed E-state index contributed by atoms with van der Waals surface area (Å²) in [6, 6.07) is 5.63. The van der Waals surface area contributed by atoms with Crippen molar-refractivity contribution >= 4 is 22.6 Å². The zero-order valence-electron chi connectivity index (χ0n) is 9.59. The molecule has 1 atom stereocenters. The summed E-state index contributed by atoms with van der Waals surface area (Å²) in [5.74, 6) is 0.669. The van der Waals surface area contributed by atoms with Gasteiger partial charge in [0.1, 0.15) is 5.75 Å². The highest BCUT2D eigenvalue weighted by Gasteiger charge is 2.15. The van der Waals surface area contributed by atoms with Gasteiger partial charge in [0.05, 0.1) is 28.7 Å². The molecular weight excluding hydrogens is 331 g/mol. The van der Waals surface area contributed by atoms with Crippen molar-refractivity contribution in [3.05, 3.63) is 39.7 Å². The normalized spacial score (nSPS) is 12.5. The molecule has 0 bridgehead atoms. The fourth-order valence-corrected chi connectivity index (χ4v) is 2.15. The summed E-state index contributed by atoms with van der Waals surface area (Å²) in [5.41, 5.74) is 1.58. The molecule has 0 spiro atoms. The maximum Gasteiger partial charge on any atom is 0.126 e. The Morgan fingerprint density at radius 1 is 1.47 bits per heavy atom. The first-order valence-electron chi connectivity index (χ1n) is 5.19. The fourth-order valence-electron chi connectivity index (χ4n) is 1.76. The molecular formula is C12H13IN2O2. The highest BCUT2D eigenvalue weighted by Crippen LogP contribution is 2.30. The van der Waals surface area contributed by atoms with E-state index in [0.29, 0.717) is 5.75 Å². The van der Waals surface area contributed by atoms with Gasteiger partial charge in [0, 0.05) is 11.8 Å². The third-order valence-corrected chi connectivity index (χ3v) is 3.04. The predicted molar refractivity (Wildman–Crippen MR) is 73.5 cm³/mol. The summed E-state index contributed by atoms with van der Waals surface area (Å²) in [7, 11) is 1.60. The largest absolute Gasteiger partial charge is 0.496 e. The number of hydrogen-bond donors (Lipinski definition) is 1. The minimum Gasteiger partial charge on any atom is -0.496 e. The molecule has 1 aromatic heterocycles. The van der Waals surface area contributed by atoms with Crippen LogP contribution in [0.3, 0.4) is 0 Å². The molecule has 90 valence electrons. The van der Waals surface area contributed by atoms with Crippen molar-refractivity contribution in [3.8, 4) is 11.4 Å². The standard InChI is InChI=1S/C12H13IN2O2/c1-8(16)12-10(4-3-5-11(12)17-2)15-7-9(13)6-14-15/h3-8,16H,1-2H3/t8-/m1/s1. The van der Waals surface area contributed by atoms with Crippen molar-refractivity contribution in [1.29, 1.82) is 0 Å². The second-order valence-corrected chi connectivity index (χ2v) is 4.92. The number of halogens is 1. The first kappa shape index (κ1) is 12.4. The van der Waals surface area contributed by atoms with E-state index in [1.54, 1.807) is 24.9 Å². The van der Waals surface area contributed by atoms with Crippen LogP contribution in [-0.4, -0.2) is 22.0 Å². The lowest BCUT2D eigenvalue weighted by Gasteiger charge is -2.15. The summed E-state index contributed by atoms with van der Waals surface area (Å²) < 4.78 is 8.06. The lowest BCUT2D eigenvalue weighted by molar-refractivity contribution is 0.194. The minimum atomic E-state index is -0.608. The van der Waals surface area contributed by atoms with Gasteiger partial charge >= 0.3 is 0 Å². The van der Waals surface area contributed by atoms with Crippen LogP contribution in [0.15, 0.2) is 30.6 Å². The summed E-state index contributed by atoms with van der Waals surface area (Å²) in [6.07, 6.45) is 3.07. The number of benzene rings is 1. The van der Waals surface area contributed by atoms with Gasteiger partial charge in [-0.1, -0.05) is 6.07 Å². The van der Waals surface area contributed by atoms with Crippen LogP contribution in [0.2, 0.25) is 0 Å². The van der Waals surface area contributed by atoms with Gasteiger partial charge in [-0.25, -0.2) is 4.68 Å². The number of rotatable bonds is 3. The maximum absolute atomic E-state index is 9.86. The Labute approximate surface area is 113 Å². The molecule has 0 saturated heterocycles. The molecule has 2 aromatic rings. The number of nitrogens with zero attached hydrogens (tertiary/aromatic N) is 2. The van der Waals surface area contributed by atoms with E-state index in [1.165, 1.54) is 0 Å². The van der Waals surface area contributed by atoms with E-state index in [0.717, 1.165) is 14.8 Å². The van der Waals surface area contributed by atoms with E-state index in [1.807, 2.05) is 24.4 Å². The molecule has 5 heteroatoms. The molecule has 1 heterocycles. The molecule has 0 radical (unpaired) electrons. The van der Waals surface area contributed by atoms with Crippen LogP contribution < -0.4 is 4.74 Å². The second kappa shape index (κ2) is 5.05. The Morgan fingerprint density at radius 3 is 2.76 bits per heavy atom. The maximum atomic E-state index is 9.86. The number of aromatic nitrogens is 2. The van der Waals surface area contributed by atoms with Crippen molar-refractivity contribution in [2.24, 2.45) is 0 Å². The van der Waals surface area contributed by atoms with Gasteiger partial charge < -0.3 is 9.84 Å². The van der Waals surface area contributed by atoms with E-state index in [4.69, 9.17) is 4.74 Å². The lowest BCUT2D eigenvalue weighted by Crippen LogP contribution is -2.05. The van der Waals surface area contributed by atoms with E-state index in [-0.39, 0.29) is 0 Å². The molecule has 0 aliphatic rings. The van der Waals surface area contributed by atoms with Gasteiger partial charge in [-0.2, -0.15) is 5.10 Å². The number of ether oxygens (including phenoxy) is 1. The molecule has 1 aromatic carbocycles. The van der Waals surface area contributed by atoms with Crippen LogP contribution in [0.4, 0.5) is 0 Å². The van der Waals surface area contributed by atoms with Gasteiger partial charge in [0.2, 0.25) is 0 Å². The number of hydrogen-bond acceptors (Lipinski definition) is 3. The Bertz CT molecular complexity index is 523. The van der Waals surface area contributed by atoms with Gasteiger partial charge in [-0.05, 0) is 41.6 Å². The molecule has 0 saturated carbocycles. The second-order valence-electron chi connectivity index (χ2n) is 3.67. The topological polar surface area (TPSA) is 47.3 Å². The Kier molecular flexibility index (Phi) is 3.68. The van der Waals surface area contributed by atoms with E-state index >= 15 is 0 Å². The zero-order valence-corrected chi connectivity index (χ0v) is 11.7. The van der Waals surface area contributed by atoms with Crippen molar-refractivity contribution < 1.29 is 9.84 Å². The van der Waals surface area contributed by atoms with Crippen LogP contribution in [0.5, 0.6) is 5.75 Å². The fraction of sp³-hybridized carbons (Fsp3) is 0.250. The highest BCUT2D eigenvalue weighted by molar-refractivity contribution is 14.1. The molecule has 0 fully saturated rings. The molecule has 17 heavy (non-hydrogen) atoms. The van der Waals surface area contributed by atoms with Crippen LogP contribution in [0.1, 0.15) is 18.6 Å². The van der Waals surface area contributed by atoms with Crippen LogP contribution in [-0.2, 0) is 0 Å². The average Bonchev–Trinajstić information content (AvgIpc) is 2.74. The van der Waals surface area contributed by atoms with E-state index in [2.05, 4.69) is 27.7 Å². The van der Waals surface area contributed by atoms with Crippen LogP contribution in [0, 0.1) is 3.57 Å². The van der Waals surface area contributed by atoms with Crippen molar-refractivity contribution in [2.75, 3.05) is 7.11 Å². The third kappa shape index (κ3) is 2.44. The predicted octanol–water partition coefficient (Wildman–Crippen LogP) is 2.54. The quantitative estimate of drug-likeness (QED) is 0.871. The van der Waals surface area contributed by atoms with Crippen LogP contribution in [0.25, 0.3) is 5.69 Å². The molecule has 1 N–H and O–H groups in total. The SMILES string of the molecule is COc1cccc(-n2cc(I)cn2)c1[C@@H](C)O. The summed E-state index contributed by atoms with van der Waals surface area (Å²) in [6.45, 7) is 1.72. The summed E-state index contributed by atoms with van der Waals surface area (Å²) in [5, 5.41) is 14.1. The molecule has 0 unspecified atom stereocenters. The summed E-state index contributed by atoms with van der Waals surface area (Å²) in [4.78, 5) is 0. The molecule has 2 rings (SSSR count). The highest BCUT2D eigenvalue weighted by atomic mass is 127. The van der Waals surface area contributed by atoms with Crippen molar-refractivity contribution in [2.45, 2.75) is 13.0 Å². The van der Waals surface area contributed by atoms with Gasteiger partial charge in [0.15, 0.2) is 0 Å². The Hall–Kier alpha value is -1.08. The molecule has 0 amide bonds. The first-order valence-corrected chi connectivity index (χ1v) is 6.27. The molecule has 0 aliphatic carbocycles. The minimum absolute atomic E-state index is 0.608. The number of methoxy groups -OCH3 is 1. The molecule has 4 nitrogen and oxygen atoms in total. The first-order chi connectivity index (χ1) is 8.13. The van der Waals surface area contributed by atoms with Gasteiger partial charge in [-0.15, -0.1) is 0 Å². The van der Waals surface area contributed by atoms with Crippen molar-refractivity contribution in [1.82, 2.24) is 9.78 Å². The van der Waals surface area contributed by atoms with E-state index in [9.17, 15) is 5.11 Å². The Morgan fingerprint density at radius 2 is 2.24 bits per heavy atom. The average molecular weight is 344 g/mol. The number of aliphatic hydroxyl groups is 1.